The number of piperidine rings is 1. The lowest BCUT2D eigenvalue weighted by molar-refractivity contribution is -0.222. The van der Waals surface area contributed by atoms with E-state index in [1.807, 2.05) is 0 Å². The van der Waals surface area contributed by atoms with Gasteiger partial charge in [0.15, 0.2) is 0 Å². The van der Waals surface area contributed by atoms with Crippen molar-refractivity contribution in [3.8, 4) is 0 Å². The van der Waals surface area contributed by atoms with E-state index in [1.54, 1.807) is 0 Å². The molecule has 0 bridgehead atoms. The maximum Gasteiger partial charge on any atom is 0.303 e. The molecule has 8 heteroatoms. The zero-order valence-corrected chi connectivity index (χ0v) is 14.7. The van der Waals surface area contributed by atoms with Crippen molar-refractivity contribution in [3.05, 3.63) is 0 Å². The first-order chi connectivity index (χ1) is 11.9. The summed E-state index contributed by atoms with van der Waals surface area (Å²) in [7, 11) is 0. The Bertz CT molecular complexity index is 382. The van der Waals surface area contributed by atoms with Crippen molar-refractivity contribution in [2.75, 3.05) is 13.2 Å². The number of hydrogen-bond donors (Lipinski definition) is 6. The van der Waals surface area contributed by atoms with E-state index < -0.39 is 43.2 Å². The SMILES string of the molecule is O=C(O)CCCCCCCCCCN1C(O)[C@H](O)[C@@H](O)[C@H](O)[C@H]1CO. The van der Waals surface area contributed by atoms with Crippen molar-refractivity contribution in [1.82, 2.24) is 4.90 Å². The first kappa shape index (κ1) is 22.3. The lowest BCUT2D eigenvalue weighted by Gasteiger charge is -2.46. The van der Waals surface area contributed by atoms with Crippen LogP contribution in [0.5, 0.6) is 0 Å². The van der Waals surface area contributed by atoms with Crippen molar-refractivity contribution in [2.45, 2.75) is 88.4 Å². The fourth-order valence-corrected chi connectivity index (χ4v) is 3.34. The predicted molar refractivity (Wildman–Crippen MR) is 90.8 cm³/mol. The molecule has 0 aromatic heterocycles. The molecule has 0 aromatic rings. The van der Waals surface area contributed by atoms with Gasteiger partial charge in [-0.1, -0.05) is 38.5 Å². The molecule has 1 rings (SSSR count). The number of carboxylic acid groups (broad SMARTS) is 1. The smallest absolute Gasteiger partial charge is 0.303 e. The molecule has 1 aliphatic heterocycles. The van der Waals surface area contributed by atoms with E-state index in [0.29, 0.717) is 6.54 Å². The molecule has 0 aliphatic carbocycles. The molecule has 148 valence electrons. The summed E-state index contributed by atoms with van der Waals surface area (Å²) in [5.41, 5.74) is 0. The number of aliphatic hydroxyl groups excluding tert-OH is 5. The third-order valence-electron chi connectivity index (χ3n) is 4.91. The van der Waals surface area contributed by atoms with Crippen LogP contribution >= 0.6 is 0 Å². The predicted octanol–water partition coefficient (Wildman–Crippen LogP) is -0.340. The van der Waals surface area contributed by atoms with E-state index in [-0.39, 0.29) is 6.42 Å². The van der Waals surface area contributed by atoms with Crippen LogP contribution in [0.25, 0.3) is 0 Å². The number of likely N-dealkylation sites (tertiary alicyclic amines) is 1. The minimum absolute atomic E-state index is 0.233. The summed E-state index contributed by atoms with van der Waals surface area (Å²) in [6.07, 6.45) is 2.21. The molecule has 0 saturated carbocycles. The molecule has 1 unspecified atom stereocenters. The quantitative estimate of drug-likeness (QED) is 0.259. The van der Waals surface area contributed by atoms with Crippen LogP contribution in [0, 0.1) is 0 Å². The molecule has 5 atom stereocenters. The minimum atomic E-state index is -1.47. The molecular weight excluding hydrogens is 330 g/mol. The zero-order chi connectivity index (χ0) is 18.8. The maximum absolute atomic E-state index is 10.4. The maximum atomic E-state index is 10.4. The second-order valence-corrected chi connectivity index (χ2v) is 6.85. The second-order valence-electron chi connectivity index (χ2n) is 6.85. The summed E-state index contributed by atoms with van der Waals surface area (Å²) < 4.78 is 0. The summed E-state index contributed by atoms with van der Waals surface area (Å²) in [6, 6.07) is -0.789. The average molecular weight is 363 g/mol. The first-order valence-corrected chi connectivity index (χ1v) is 9.20. The molecule has 0 spiro atoms. The number of nitrogens with zero attached hydrogens (tertiary/aromatic N) is 1. The molecule has 0 amide bonds. The second kappa shape index (κ2) is 11.8. The number of carboxylic acids is 1. The van der Waals surface area contributed by atoms with Gasteiger partial charge in [-0.15, -0.1) is 0 Å². The van der Waals surface area contributed by atoms with Crippen molar-refractivity contribution in [1.29, 1.82) is 0 Å². The van der Waals surface area contributed by atoms with Crippen molar-refractivity contribution < 1.29 is 35.4 Å². The molecule has 1 saturated heterocycles. The number of aliphatic carboxylic acids is 1. The van der Waals surface area contributed by atoms with E-state index in [2.05, 4.69) is 0 Å². The number of rotatable bonds is 12. The van der Waals surface area contributed by atoms with Gasteiger partial charge in [-0.3, -0.25) is 9.69 Å². The standard InChI is InChI=1S/C17H33NO7/c19-11-12-14(22)15(23)16(24)17(25)18(12)10-8-6-4-2-1-3-5-7-9-13(20)21/h12,14-17,19,22-25H,1-11H2,(H,20,21)/t12-,14-,15+,16-,17?/m1/s1. The molecule has 0 aromatic carbocycles. The van der Waals surface area contributed by atoms with Crippen molar-refractivity contribution in [3.63, 3.8) is 0 Å². The largest absolute Gasteiger partial charge is 0.481 e. The molecule has 0 radical (unpaired) electrons. The molecule has 1 fully saturated rings. The van der Waals surface area contributed by atoms with E-state index in [4.69, 9.17) is 5.11 Å². The van der Waals surface area contributed by atoms with E-state index >= 15 is 0 Å². The van der Waals surface area contributed by atoms with Gasteiger partial charge >= 0.3 is 5.97 Å². The highest BCUT2D eigenvalue weighted by Gasteiger charge is 2.46. The Balaban J connectivity index is 2.16. The van der Waals surface area contributed by atoms with Crippen molar-refractivity contribution >= 4 is 5.97 Å². The normalized spacial score (nSPS) is 30.5. The van der Waals surface area contributed by atoms with Gasteiger partial charge in [-0.05, 0) is 12.8 Å². The van der Waals surface area contributed by atoms with E-state index in [9.17, 15) is 30.3 Å². The highest BCUT2D eigenvalue weighted by atomic mass is 16.4. The molecule has 1 aliphatic rings. The van der Waals surface area contributed by atoms with Gasteiger partial charge in [0, 0.05) is 13.0 Å². The zero-order valence-electron chi connectivity index (χ0n) is 14.7. The summed E-state index contributed by atoms with van der Waals surface area (Å²) in [4.78, 5) is 11.8. The lowest BCUT2D eigenvalue weighted by Crippen LogP contribution is -2.67. The third-order valence-corrected chi connectivity index (χ3v) is 4.91. The lowest BCUT2D eigenvalue weighted by atomic mass is 9.92. The fourth-order valence-electron chi connectivity index (χ4n) is 3.34. The Morgan fingerprint density at radius 1 is 0.760 bits per heavy atom. The highest BCUT2D eigenvalue weighted by Crippen LogP contribution is 2.24. The Labute approximate surface area is 148 Å². The Morgan fingerprint density at radius 2 is 1.28 bits per heavy atom. The summed E-state index contributed by atoms with van der Waals surface area (Å²) in [5.74, 6) is -0.746. The monoisotopic (exact) mass is 363 g/mol. The Hall–Kier alpha value is -0.770. The van der Waals surface area contributed by atoms with Crippen LogP contribution in [0.1, 0.15) is 57.8 Å². The minimum Gasteiger partial charge on any atom is -0.481 e. The topological polar surface area (TPSA) is 142 Å². The molecular formula is C17H33NO7. The van der Waals surface area contributed by atoms with Crippen LogP contribution in [-0.4, -0.2) is 85.2 Å². The van der Waals surface area contributed by atoms with Crippen molar-refractivity contribution in [2.24, 2.45) is 0 Å². The fraction of sp³-hybridized carbons (Fsp3) is 0.941. The number of hydrogen-bond acceptors (Lipinski definition) is 7. The van der Waals surface area contributed by atoms with E-state index in [1.165, 1.54) is 4.90 Å². The van der Waals surface area contributed by atoms with Crippen LogP contribution in [0.15, 0.2) is 0 Å². The molecule has 6 N–H and O–H groups in total. The number of unbranched alkanes of at least 4 members (excludes halogenated alkanes) is 7. The number of aliphatic hydroxyl groups is 5. The third kappa shape index (κ3) is 7.16. The van der Waals surface area contributed by atoms with Gasteiger partial charge in [-0.2, -0.15) is 0 Å². The number of carbonyl (C=O) groups is 1. The first-order valence-electron chi connectivity index (χ1n) is 9.20. The summed E-state index contributed by atoms with van der Waals surface area (Å²) >= 11 is 0. The molecule has 1 heterocycles. The van der Waals surface area contributed by atoms with Crippen LogP contribution < -0.4 is 0 Å². The van der Waals surface area contributed by atoms with Gasteiger partial charge in [0.2, 0.25) is 0 Å². The van der Waals surface area contributed by atoms with Gasteiger partial charge in [0.25, 0.3) is 0 Å². The summed E-state index contributed by atoms with van der Waals surface area (Å²) in [5, 5.41) is 57.3. The molecule has 25 heavy (non-hydrogen) atoms. The average Bonchev–Trinajstić information content (AvgIpc) is 2.58. The van der Waals surface area contributed by atoms with Crippen LogP contribution in [-0.2, 0) is 4.79 Å². The Kier molecular flexibility index (Phi) is 10.5. The Morgan fingerprint density at radius 3 is 1.80 bits per heavy atom. The highest BCUT2D eigenvalue weighted by molar-refractivity contribution is 5.66. The van der Waals surface area contributed by atoms with Crippen LogP contribution in [0.2, 0.25) is 0 Å². The van der Waals surface area contributed by atoms with E-state index in [0.717, 1.165) is 51.4 Å². The van der Waals surface area contributed by atoms with Crippen LogP contribution in [0.3, 0.4) is 0 Å². The van der Waals surface area contributed by atoms with Gasteiger partial charge in [-0.25, -0.2) is 0 Å². The van der Waals surface area contributed by atoms with Gasteiger partial charge in [0.05, 0.1) is 12.6 Å². The van der Waals surface area contributed by atoms with Gasteiger partial charge < -0.3 is 30.6 Å². The summed E-state index contributed by atoms with van der Waals surface area (Å²) in [6.45, 7) is 0.0181. The molecule has 8 nitrogen and oxygen atoms in total. The van der Waals surface area contributed by atoms with Crippen LogP contribution in [0.4, 0.5) is 0 Å². The van der Waals surface area contributed by atoms with Gasteiger partial charge in [0.1, 0.15) is 24.5 Å².